The van der Waals surface area contributed by atoms with Crippen molar-refractivity contribution in [3.63, 3.8) is 0 Å². The van der Waals surface area contributed by atoms with E-state index in [0.717, 1.165) is 0 Å². The van der Waals surface area contributed by atoms with Gasteiger partial charge in [0, 0.05) is 11.7 Å². The van der Waals surface area contributed by atoms with Crippen LogP contribution in [0, 0.1) is 5.92 Å². The van der Waals surface area contributed by atoms with Crippen LogP contribution in [0.3, 0.4) is 0 Å². The summed E-state index contributed by atoms with van der Waals surface area (Å²) in [7, 11) is 1.56. The van der Waals surface area contributed by atoms with E-state index < -0.39 is 35.6 Å². The Morgan fingerprint density at radius 2 is 1.64 bits per heavy atom. The van der Waals surface area contributed by atoms with Gasteiger partial charge in [-0.15, -0.1) is 0 Å². The number of anilines is 1. The van der Waals surface area contributed by atoms with Crippen molar-refractivity contribution in [3.05, 3.63) is 54.1 Å². The molecule has 0 saturated heterocycles. The highest BCUT2D eigenvalue weighted by Gasteiger charge is 2.40. The molecule has 0 spiro atoms. The van der Waals surface area contributed by atoms with Gasteiger partial charge < -0.3 is 30.1 Å². The van der Waals surface area contributed by atoms with Gasteiger partial charge in [-0.25, -0.2) is 4.79 Å². The van der Waals surface area contributed by atoms with Crippen LogP contribution in [0.2, 0.25) is 0 Å². The summed E-state index contributed by atoms with van der Waals surface area (Å²) in [6.07, 6.45) is 0.452. The lowest BCUT2D eigenvalue weighted by molar-refractivity contribution is -0.144. The number of phenolic OH excluding ortho intramolecular Hbond substituents is 1. The summed E-state index contributed by atoms with van der Waals surface area (Å²) in [5.41, 5.74) is 0.217. The number of hydrogen-bond donors (Lipinski definition) is 3. The highest BCUT2D eigenvalue weighted by atomic mass is 16.6. The van der Waals surface area contributed by atoms with Crippen molar-refractivity contribution < 1.29 is 29.0 Å². The maximum absolute atomic E-state index is 14.3. The monoisotopic (exact) mass is 541 g/mol. The van der Waals surface area contributed by atoms with Gasteiger partial charge in [-0.2, -0.15) is 0 Å². The van der Waals surface area contributed by atoms with Crippen molar-refractivity contribution in [1.29, 1.82) is 0 Å². The van der Waals surface area contributed by atoms with Gasteiger partial charge >= 0.3 is 6.09 Å². The van der Waals surface area contributed by atoms with Gasteiger partial charge in [-0.3, -0.25) is 9.59 Å². The smallest absolute Gasteiger partial charge is 0.408 e. The maximum Gasteiger partial charge on any atom is 0.408 e. The summed E-state index contributed by atoms with van der Waals surface area (Å²) < 4.78 is 10.6. The summed E-state index contributed by atoms with van der Waals surface area (Å²) in [6, 6.07) is 10.8. The van der Waals surface area contributed by atoms with Crippen molar-refractivity contribution in [2.24, 2.45) is 5.92 Å². The average molecular weight is 542 g/mol. The van der Waals surface area contributed by atoms with Crippen LogP contribution >= 0.6 is 0 Å². The van der Waals surface area contributed by atoms with E-state index in [0.29, 0.717) is 29.8 Å². The van der Waals surface area contributed by atoms with E-state index in [4.69, 9.17) is 9.47 Å². The molecule has 2 aromatic carbocycles. The highest BCUT2D eigenvalue weighted by molar-refractivity contribution is 5.99. The normalized spacial score (nSPS) is 14.4. The molecule has 4 unspecified atom stereocenters. The van der Waals surface area contributed by atoms with Crippen LogP contribution in [0.5, 0.6) is 11.5 Å². The summed E-state index contributed by atoms with van der Waals surface area (Å²) in [5, 5.41) is 15.9. The molecule has 214 valence electrons. The van der Waals surface area contributed by atoms with Crippen molar-refractivity contribution in [1.82, 2.24) is 10.2 Å². The van der Waals surface area contributed by atoms with Crippen molar-refractivity contribution in [3.8, 4) is 11.5 Å². The number of phenols is 1. The number of benzene rings is 2. The van der Waals surface area contributed by atoms with E-state index in [1.807, 2.05) is 27.7 Å². The molecule has 0 aliphatic heterocycles. The molecule has 2 rings (SSSR count). The lowest BCUT2D eigenvalue weighted by Crippen LogP contribution is -2.56. The highest BCUT2D eigenvalue weighted by Crippen LogP contribution is 2.30. The fourth-order valence-corrected chi connectivity index (χ4v) is 4.09. The fraction of sp³-hybridized carbons (Fsp3) is 0.500. The Labute approximate surface area is 231 Å². The number of carbonyl (C=O) groups is 3. The molecule has 3 amide bonds. The Morgan fingerprint density at radius 1 is 1.00 bits per heavy atom. The van der Waals surface area contributed by atoms with Crippen molar-refractivity contribution in [2.75, 3.05) is 12.4 Å². The van der Waals surface area contributed by atoms with Crippen molar-refractivity contribution >= 4 is 23.6 Å². The van der Waals surface area contributed by atoms with Crippen molar-refractivity contribution in [2.45, 2.75) is 85.0 Å². The molecule has 0 heterocycles. The van der Waals surface area contributed by atoms with Gasteiger partial charge in [-0.05, 0) is 82.0 Å². The summed E-state index contributed by atoms with van der Waals surface area (Å²) in [6.45, 7) is 12.8. The second kappa shape index (κ2) is 13.9. The predicted octanol–water partition coefficient (Wildman–Crippen LogP) is 5.65. The second-order valence-electron chi connectivity index (χ2n) is 10.7. The Kier molecular flexibility index (Phi) is 11.2. The molecule has 0 radical (unpaired) electrons. The molecule has 39 heavy (non-hydrogen) atoms. The molecular weight excluding hydrogens is 498 g/mol. The quantitative estimate of drug-likeness (QED) is 0.339. The van der Waals surface area contributed by atoms with E-state index in [9.17, 15) is 19.5 Å². The van der Waals surface area contributed by atoms with E-state index in [-0.39, 0.29) is 17.7 Å². The molecule has 0 aliphatic rings. The number of nitrogens with zero attached hydrogens (tertiary/aromatic N) is 1. The second-order valence-corrected chi connectivity index (χ2v) is 10.7. The molecule has 0 saturated carbocycles. The van der Waals surface area contributed by atoms with Crippen LogP contribution in [-0.2, 0) is 14.3 Å². The molecule has 4 atom stereocenters. The zero-order valence-corrected chi connectivity index (χ0v) is 24.3. The van der Waals surface area contributed by atoms with Crippen LogP contribution in [0.25, 0.3) is 0 Å². The molecule has 0 aromatic heterocycles. The molecule has 0 fully saturated rings. The first-order chi connectivity index (χ1) is 18.3. The Hall–Kier alpha value is -3.75. The number of methoxy groups -OCH3 is 1. The van der Waals surface area contributed by atoms with E-state index in [1.54, 1.807) is 64.3 Å². The predicted molar refractivity (Wildman–Crippen MR) is 152 cm³/mol. The third-order valence-corrected chi connectivity index (χ3v) is 6.54. The first-order valence-corrected chi connectivity index (χ1v) is 13.4. The zero-order valence-electron chi connectivity index (χ0n) is 24.3. The Morgan fingerprint density at radius 3 is 2.15 bits per heavy atom. The van der Waals surface area contributed by atoms with Gasteiger partial charge in [0.05, 0.1) is 7.11 Å². The number of rotatable bonds is 11. The van der Waals surface area contributed by atoms with Crippen LogP contribution in [0.1, 0.15) is 72.9 Å². The number of carbonyl (C=O) groups excluding carboxylic acids is 3. The van der Waals surface area contributed by atoms with E-state index in [2.05, 4.69) is 10.6 Å². The number of ether oxygens (including phenoxy) is 2. The minimum Gasteiger partial charge on any atom is -0.508 e. The SMILES string of the molecule is CCC(C)C(NC(=O)OC(C)(C)C)C(=O)N(C(C)CC)C(C(=O)Nc1ccc(OC)cc1)c1cccc(O)c1. The number of hydrogen-bond acceptors (Lipinski definition) is 6. The van der Waals surface area contributed by atoms with Crippen LogP contribution in [0.4, 0.5) is 10.5 Å². The first-order valence-electron chi connectivity index (χ1n) is 13.4. The average Bonchev–Trinajstić information content (AvgIpc) is 2.88. The van der Waals surface area contributed by atoms with Gasteiger partial charge in [0.1, 0.15) is 29.2 Å². The van der Waals surface area contributed by atoms with Crippen LogP contribution < -0.4 is 15.4 Å². The van der Waals surface area contributed by atoms with Gasteiger partial charge in [0.25, 0.3) is 5.91 Å². The summed E-state index contributed by atoms with van der Waals surface area (Å²) in [5.74, 6) is -0.511. The van der Waals surface area contributed by atoms with Gasteiger partial charge in [0.2, 0.25) is 5.91 Å². The standard InChI is InChI=1S/C30H43N3O6/c1-9-19(3)25(32-29(37)39-30(5,6)7)28(36)33(20(4)10-2)26(21-12-11-13-23(34)18-21)27(35)31-22-14-16-24(38-8)17-15-22/h11-20,25-26,34H,9-10H2,1-8H3,(H,31,35)(H,32,37). The Balaban J connectivity index is 2.57. The van der Waals surface area contributed by atoms with Crippen LogP contribution in [0.15, 0.2) is 48.5 Å². The first kappa shape index (κ1) is 31.5. The molecule has 9 heteroatoms. The molecular formula is C30H43N3O6. The fourth-order valence-electron chi connectivity index (χ4n) is 4.09. The lowest BCUT2D eigenvalue weighted by Gasteiger charge is -2.39. The minimum atomic E-state index is -1.09. The van der Waals surface area contributed by atoms with Gasteiger partial charge in [0.15, 0.2) is 0 Å². The number of amides is 3. The summed E-state index contributed by atoms with van der Waals surface area (Å²) in [4.78, 5) is 42.4. The topological polar surface area (TPSA) is 117 Å². The molecule has 2 aromatic rings. The minimum absolute atomic E-state index is 0.0309. The molecule has 0 aliphatic carbocycles. The third kappa shape index (κ3) is 8.90. The number of nitrogens with one attached hydrogen (secondary N) is 2. The molecule has 3 N–H and O–H groups in total. The zero-order chi connectivity index (χ0) is 29.3. The lowest BCUT2D eigenvalue weighted by atomic mass is 9.94. The largest absolute Gasteiger partial charge is 0.508 e. The molecule has 9 nitrogen and oxygen atoms in total. The number of aromatic hydroxyl groups is 1. The van der Waals surface area contributed by atoms with Crippen LogP contribution in [-0.4, -0.2) is 52.7 Å². The van der Waals surface area contributed by atoms with Gasteiger partial charge in [-0.1, -0.05) is 39.3 Å². The van der Waals surface area contributed by atoms with E-state index in [1.165, 1.54) is 17.0 Å². The maximum atomic E-state index is 14.3. The molecule has 0 bridgehead atoms. The number of alkyl carbamates (subject to hydrolysis) is 1. The van der Waals surface area contributed by atoms with E-state index >= 15 is 0 Å². The third-order valence-electron chi connectivity index (χ3n) is 6.54. The summed E-state index contributed by atoms with van der Waals surface area (Å²) >= 11 is 0. The Bertz CT molecular complexity index is 1110.